The van der Waals surface area contributed by atoms with Crippen molar-refractivity contribution in [1.29, 1.82) is 0 Å². The smallest absolute Gasteiger partial charge is 0.159 e. The molecule has 4 aliphatic rings. The number of aliphatic hydroxyl groups is 3. The van der Waals surface area contributed by atoms with Crippen molar-refractivity contribution in [2.24, 2.45) is 39.4 Å². The van der Waals surface area contributed by atoms with Crippen LogP contribution in [0.15, 0.2) is 11.1 Å². The van der Waals surface area contributed by atoms with Crippen molar-refractivity contribution in [3.8, 4) is 0 Å². The van der Waals surface area contributed by atoms with E-state index in [4.69, 9.17) is 0 Å². The number of carbonyl (C=O) groups is 2. The molecule has 8 atom stereocenters. The molecule has 0 aromatic rings. The molecule has 0 aromatic carbocycles. The molecule has 0 heterocycles. The van der Waals surface area contributed by atoms with Crippen LogP contribution in [0.4, 0.5) is 0 Å². The Kier molecular flexibility index (Phi) is 6.55. The molecule has 3 N–H and O–H groups in total. The van der Waals surface area contributed by atoms with Crippen molar-refractivity contribution in [3.05, 3.63) is 11.1 Å². The normalized spacial score (nSPS) is 42.1. The summed E-state index contributed by atoms with van der Waals surface area (Å²) in [4.78, 5) is 26.7. The first kappa shape index (κ1) is 27.0. The fourth-order valence-corrected chi connectivity index (χ4v) is 9.16. The molecule has 2 fully saturated rings. The Labute approximate surface area is 211 Å². The third-order valence-electron chi connectivity index (χ3n) is 12.0. The molecule has 0 amide bonds. The molecule has 0 unspecified atom stereocenters. The van der Waals surface area contributed by atoms with Gasteiger partial charge in [0.1, 0.15) is 11.4 Å². The van der Waals surface area contributed by atoms with Crippen molar-refractivity contribution >= 4 is 11.6 Å². The highest BCUT2D eigenvalue weighted by Gasteiger charge is 2.65. The standard InChI is InChI=1S/C30H48O5/c1-18(8-9-24(34)30(7,35)17-31)19-10-15-29(6)25-20(11-14-28(19,29)5)27(4)13-12-23(33)26(2,3)22(27)16-21(25)32/h18-19,22,24,31,34-35H,8-17H2,1-7H3/t18-,19-,22+,24-,27-,28-,29+,30-/m1/s1. The van der Waals surface area contributed by atoms with Crippen LogP contribution < -0.4 is 0 Å². The molecule has 5 nitrogen and oxygen atoms in total. The van der Waals surface area contributed by atoms with Gasteiger partial charge in [-0.15, -0.1) is 0 Å². The molecule has 0 bridgehead atoms. The molecule has 35 heavy (non-hydrogen) atoms. The van der Waals surface area contributed by atoms with Crippen molar-refractivity contribution in [1.82, 2.24) is 0 Å². The quantitative estimate of drug-likeness (QED) is 0.489. The van der Waals surface area contributed by atoms with Crippen LogP contribution >= 0.6 is 0 Å². The van der Waals surface area contributed by atoms with Gasteiger partial charge in [-0.3, -0.25) is 9.59 Å². The van der Waals surface area contributed by atoms with E-state index < -0.39 is 23.7 Å². The Balaban J connectivity index is 1.64. The summed E-state index contributed by atoms with van der Waals surface area (Å²) in [6.07, 6.45) is 6.30. The molecule has 4 aliphatic carbocycles. The summed E-state index contributed by atoms with van der Waals surface area (Å²) in [5, 5.41) is 30.0. The summed E-state index contributed by atoms with van der Waals surface area (Å²) in [5.41, 5.74) is 0.310. The van der Waals surface area contributed by atoms with Crippen molar-refractivity contribution in [3.63, 3.8) is 0 Å². The van der Waals surface area contributed by atoms with E-state index in [1.54, 1.807) is 0 Å². The maximum Gasteiger partial charge on any atom is 0.159 e. The maximum absolute atomic E-state index is 13.9. The second-order valence-corrected chi connectivity index (χ2v) is 14.1. The van der Waals surface area contributed by atoms with E-state index in [-0.39, 0.29) is 27.9 Å². The second-order valence-electron chi connectivity index (χ2n) is 14.1. The molecular weight excluding hydrogens is 440 g/mol. The molecule has 0 aromatic heterocycles. The Hall–Kier alpha value is -1.04. The van der Waals surface area contributed by atoms with Crippen molar-refractivity contribution in [2.75, 3.05) is 6.61 Å². The summed E-state index contributed by atoms with van der Waals surface area (Å²) >= 11 is 0. The molecular formula is C30H48O5. The molecule has 0 saturated heterocycles. The summed E-state index contributed by atoms with van der Waals surface area (Å²) in [5.74, 6) is 1.46. The van der Waals surface area contributed by atoms with Gasteiger partial charge < -0.3 is 15.3 Å². The second kappa shape index (κ2) is 8.49. The molecule has 5 heteroatoms. The minimum Gasteiger partial charge on any atom is -0.393 e. The Bertz CT molecular complexity index is 931. The summed E-state index contributed by atoms with van der Waals surface area (Å²) in [6, 6.07) is 0. The first-order chi connectivity index (χ1) is 16.1. The molecule has 198 valence electrons. The van der Waals surface area contributed by atoms with E-state index in [2.05, 4.69) is 41.5 Å². The Morgan fingerprint density at radius 3 is 2.31 bits per heavy atom. The number of Topliss-reactive ketones (excluding diaryl/α,β-unsaturated/α-hetero) is 2. The fraction of sp³-hybridized carbons (Fsp3) is 0.867. The van der Waals surface area contributed by atoms with Gasteiger partial charge in [-0.05, 0) is 80.5 Å². The van der Waals surface area contributed by atoms with Gasteiger partial charge in [0.05, 0.1) is 12.7 Å². The van der Waals surface area contributed by atoms with Gasteiger partial charge in [0.25, 0.3) is 0 Å². The van der Waals surface area contributed by atoms with Crippen molar-refractivity contribution in [2.45, 2.75) is 118 Å². The van der Waals surface area contributed by atoms with E-state index in [0.717, 1.165) is 44.1 Å². The third-order valence-corrected chi connectivity index (χ3v) is 12.0. The van der Waals surface area contributed by atoms with Crippen LogP contribution in [-0.4, -0.2) is 45.2 Å². The number of allylic oxidation sites excluding steroid dienone is 2. The molecule has 2 saturated carbocycles. The minimum absolute atomic E-state index is 0.00849. The van der Waals surface area contributed by atoms with Gasteiger partial charge in [-0.1, -0.05) is 47.1 Å². The average Bonchev–Trinajstić information content (AvgIpc) is 3.07. The van der Waals surface area contributed by atoms with Gasteiger partial charge in [0.15, 0.2) is 5.78 Å². The number of hydrogen-bond donors (Lipinski definition) is 3. The largest absolute Gasteiger partial charge is 0.393 e. The first-order valence-corrected chi connectivity index (χ1v) is 13.9. The van der Waals surface area contributed by atoms with Crippen LogP contribution in [-0.2, 0) is 9.59 Å². The SMILES string of the molecule is C[C@H](CC[C@@H](O)[C@](C)(O)CO)[C@H]1CC[C@@]2(C)C3=C(CC[C@]12C)[C@@]1(C)CCC(=O)C(C)(C)[C@@H]1CC3=O. The lowest BCUT2D eigenvalue weighted by molar-refractivity contribution is -0.142. The zero-order chi connectivity index (χ0) is 26.2. The molecule has 0 aliphatic heterocycles. The number of aliphatic hydroxyl groups excluding tert-OH is 2. The summed E-state index contributed by atoms with van der Waals surface area (Å²) < 4.78 is 0. The third kappa shape index (κ3) is 3.74. The van der Waals surface area contributed by atoms with Gasteiger partial charge in [-0.2, -0.15) is 0 Å². The molecule has 0 spiro atoms. The number of rotatable bonds is 6. The Morgan fingerprint density at radius 1 is 1.03 bits per heavy atom. The average molecular weight is 489 g/mol. The number of fused-ring (bicyclic) bond motifs is 4. The van der Waals surface area contributed by atoms with Gasteiger partial charge in [0.2, 0.25) is 0 Å². The van der Waals surface area contributed by atoms with Gasteiger partial charge in [-0.25, -0.2) is 0 Å². The van der Waals surface area contributed by atoms with Crippen LogP contribution in [0.2, 0.25) is 0 Å². The summed E-state index contributed by atoms with van der Waals surface area (Å²) in [7, 11) is 0. The molecule has 4 rings (SSSR count). The van der Waals surface area contributed by atoms with Crippen LogP contribution in [0.3, 0.4) is 0 Å². The predicted octanol–water partition coefficient (Wildman–Crippen LogP) is 5.00. The summed E-state index contributed by atoms with van der Waals surface area (Å²) in [6.45, 7) is 14.4. The van der Waals surface area contributed by atoms with E-state index >= 15 is 0 Å². The van der Waals surface area contributed by atoms with E-state index in [1.165, 1.54) is 12.5 Å². The maximum atomic E-state index is 13.9. The van der Waals surface area contributed by atoms with Gasteiger partial charge >= 0.3 is 0 Å². The lowest BCUT2D eigenvalue weighted by Crippen LogP contribution is -2.56. The monoisotopic (exact) mass is 488 g/mol. The topological polar surface area (TPSA) is 94.8 Å². The Morgan fingerprint density at radius 2 is 1.69 bits per heavy atom. The zero-order valence-corrected chi connectivity index (χ0v) is 23.0. The van der Waals surface area contributed by atoms with Crippen LogP contribution in [0.1, 0.15) is 106 Å². The van der Waals surface area contributed by atoms with Crippen molar-refractivity contribution < 1.29 is 24.9 Å². The van der Waals surface area contributed by atoms with Crippen LogP contribution in [0.25, 0.3) is 0 Å². The van der Waals surface area contributed by atoms with E-state index in [0.29, 0.717) is 36.9 Å². The minimum atomic E-state index is -1.48. The molecule has 0 radical (unpaired) electrons. The highest BCUT2D eigenvalue weighted by molar-refractivity contribution is 6.00. The zero-order valence-electron chi connectivity index (χ0n) is 23.0. The van der Waals surface area contributed by atoms with Crippen LogP contribution in [0.5, 0.6) is 0 Å². The number of hydrogen-bond acceptors (Lipinski definition) is 5. The highest BCUT2D eigenvalue weighted by atomic mass is 16.4. The van der Waals surface area contributed by atoms with E-state index in [1.807, 2.05) is 0 Å². The lowest BCUT2D eigenvalue weighted by atomic mass is 9.43. The van der Waals surface area contributed by atoms with E-state index in [9.17, 15) is 24.9 Å². The first-order valence-electron chi connectivity index (χ1n) is 13.9. The van der Waals surface area contributed by atoms with Crippen LogP contribution in [0, 0.1) is 39.4 Å². The highest BCUT2D eigenvalue weighted by Crippen LogP contribution is 2.71. The lowest BCUT2D eigenvalue weighted by Gasteiger charge is -2.60. The fourth-order valence-electron chi connectivity index (χ4n) is 9.16. The van der Waals surface area contributed by atoms with Gasteiger partial charge in [0, 0.05) is 29.2 Å². The number of ketones is 2. The number of carbonyl (C=O) groups excluding carboxylic acids is 2. The predicted molar refractivity (Wildman–Crippen MR) is 137 cm³/mol.